The summed E-state index contributed by atoms with van der Waals surface area (Å²) in [5.41, 5.74) is 9.01. The van der Waals surface area contributed by atoms with Crippen LogP contribution in [0.1, 0.15) is 33.3 Å². The molecule has 134 valence electrons. The SMILES string of the molecule is CC(C)[C@H]1COC(=O)N1C(=O)[C@@H](N=[N+]=[N-])C(C)(C)c1cccc(Br)c1. The minimum atomic E-state index is -1.07. The van der Waals surface area contributed by atoms with E-state index in [0.717, 1.165) is 14.9 Å². The van der Waals surface area contributed by atoms with Gasteiger partial charge in [-0.1, -0.05) is 60.9 Å². The fraction of sp³-hybridized carbons (Fsp3) is 0.529. The van der Waals surface area contributed by atoms with Crippen molar-refractivity contribution in [1.29, 1.82) is 0 Å². The summed E-state index contributed by atoms with van der Waals surface area (Å²) >= 11 is 3.41. The van der Waals surface area contributed by atoms with Gasteiger partial charge in [-0.2, -0.15) is 0 Å². The van der Waals surface area contributed by atoms with Gasteiger partial charge in [0.25, 0.3) is 0 Å². The van der Waals surface area contributed by atoms with Crippen LogP contribution in [0.3, 0.4) is 0 Å². The maximum Gasteiger partial charge on any atom is 0.416 e. The number of rotatable bonds is 5. The number of hydrogen-bond acceptors (Lipinski definition) is 4. The number of amides is 2. The molecule has 2 amide bonds. The number of nitrogens with zero attached hydrogens (tertiary/aromatic N) is 4. The van der Waals surface area contributed by atoms with E-state index >= 15 is 0 Å². The molecule has 0 aromatic heterocycles. The molecule has 2 atom stereocenters. The second-order valence-electron chi connectivity index (χ2n) is 6.94. The molecule has 8 heteroatoms. The molecule has 25 heavy (non-hydrogen) atoms. The molecule has 1 aliphatic heterocycles. The Kier molecular flexibility index (Phi) is 5.75. The van der Waals surface area contributed by atoms with Gasteiger partial charge in [-0.15, -0.1) is 0 Å². The molecule has 1 heterocycles. The van der Waals surface area contributed by atoms with Crippen LogP contribution < -0.4 is 0 Å². The highest BCUT2D eigenvalue weighted by atomic mass is 79.9. The van der Waals surface area contributed by atoms with Crippen LogP contribution in [0.4, 0.5) is 4.79 Å². The Morgan fingerprint density at radius 1 is 1.48 bits per heavy atom. The van der Waals surface area contributed by atoms with Crippen LogP contribution in [-0.4, -0.2) is 35.6 Å². The maximum absolute atomic E-state index is 13.1. The van der Waals surface area contributed by atoms with Crippen molar-refractivity contribution in [3.8, 4) is 0 Å². The van der Waals surface area contributed by atoms with Crippen molar-refractivity contribution in [3.63, 3.8) is 0 Å². The van der Waals surface area contributed by atoms with Crippen molar-refractivity contribution in [3.05, 3.63) is 44.7 Å². The number of carbonyl (C=O) groups is 2. The molecular weight excluding hydrogens is 388 g/mol. The number of hydrogen-bond donors (Lipinski definition) is 0. The molecular formula is C17H21BrN4O3. The smallest absolute Gasteiger partial charge is 0.416 e. The molecule has 0 aliphatic carbocycles. The Bertz CT molecular complexity index is 728. The second-order valence-corrected chi connectivity index (χ2v) is 7.85. The van der Waals surface area contributed by atoms with Gasteiger partial charge in [0.2, 0.25) is 5.91 Å². The highest BCUT2D eigenvalue weighted by Gasteiger charge is 2.46. The van der Waals surface area contributed by atoms with E-state index in [4.69, 9.17) is 10.3 Å². The van der Waals surface area contributed by atoms with Crippen LogP contribution in [0.5, 0.6) is 0 Å². The van der Waals surface area contributed by atoms with E-state index < -0.39 is 23.5 Å². The fourth-order valence-corrected chi connectivity index (χ4v) is 3.31. The van der Waals surface area contributed by atoms with Gasteiger partial charge in [0.15, 0.2) is 0 Å². The first kappa shape index (κ1) is 19.3. The summed E-state index contributed by atoms with van der Waals surface area (Å²) in [6.07, 6.45) is -0.688. The Balaban J connectivity index is 2.44. The van der Waals surface area contributed by atoms with Crippen molar-refractivity contribution in [2.45, 2.75) is 45.2 Å². The standard InChI is InChI=1S/C17H21BrN4O3/c1-10(2)13-9-25-16(24)22(13)15(23)14(20-21-19)17(3,4)11-6-5-7-12(18)8-11/h5-8,10,13-14H,9H2,1-4H3/t13-,14-/m1/s1. The minimum Gasteiger partial charge on any atom is -0.447 e. The van der Waals surface area contributed by atoms with Crippen molar-refractivity contribution in [2.75, 3.05) is 6.61 Å². The van der Waals surface area contributed by atoms with Gasteiger partial charge in [-0.3, -0.25) is 4.79 Å². The van der Waals surface area contributed by atoms with Crippen molar-refractivity contribution >= 4 is 27.9 Å². The van der Waals surface area contributed by atoms with E-state index in [2.05, 4.69) is 26.0 Å². The summed E-state index contributed by atoms with van der Waals surface area (Å²) in [7, 11) is 0. The molecule has 1 aromatic rings. The van der Waals surface area contributed by atoms with E-state index in [1.807, 2.05) is 52.0 Å². The zero-order valence-electron chi connectivity index (χ0n) is 14.6. The average Bonchev–Trinajstić information content (AvgIpc) is 2.93. The van der Waals surface area contributed by atoms with E-state index in [1.165, 1.54) is 0 Å². The lowest BCUT2D eigenvalue weighted by molar-refractivity contribution is -0.132. The molecule has 0 spiro atoms. The molecule has 0 saturated carbocycles. The zero-order chi connectivity index (χ0) is 18.8. The third-order valence-corrected chi connectivity index (χ3v) is 5.06. The normalized spacial score (nSPS) is 18.7. The first-order valence-corrected chi connectivity index (χ1v) is 8.79. The molecule has 1 aromatic carbocycles. The van der Waals surface area contributed by atoms with Gasteiger partial charge in [0.05, 0.1) is 6.04 Å². The third-order valence-electron chi connectivity index (χ3n) is 4.57. The number of benzene rings is 1. The summed E-state index contributed by atoms with van der Waals surface area (Å²) in [5.74, 6) is -0.500. The summed E-state index contributed by atoms with van der Waals surface area (Å²) in [6, 6.07) is 6.01. The van der Waals surface area contributed by atoms with Crippen molar-refractivity contribution in [1.82, 2.24) is 4.90 Å². The molecule has 0 unspecified atom stereocenters. The number of imide groups is 1. The molecule has 1 aliphatic rings. The molecule has 0 N–H and O–H groups in total. The number of azide groups is 1. The Hall–Kier alpha value is -2.05. The van der Waals surface area contributed by atoms with E-state index in [1.54, 1.807) is 0 Å². The molecule has 0 bridgehead atoms. The van der Waals surface area contributed by atoms with Gasteiger partial charge in [-0.25, -0.2) is 9.69 Å². The van der Waals surface area contributed by atoms with E-state index in [0.29, 0.717) is 0 Å². The van der Waals surface area contributed by atoms with Gasteiger partial charge in [0, 0.05) is 14.8 Å². The van der Waals surface area contributed by atoms with E-state index in [-0.39, 0.29) is 18.6 Å². The van der Waals surface area contributed by atoms with Gasteiger partial charge < -0.3 is 4.74 Å². The first-order valence-electron chi connectivity index (χ1n) is 8.00. The lowest BCUT2D eigenvalue weighted by Gasteiger charge is -2.34. The minimum absolute atomic E-state index is 0.0381. The second kappa shape index (κ2) is 7.45. The highest BCUT2D eigenvalue weighted by Crippen LogP contribution is 2.34. The summed E-state index contributed by atoms with van der Waals surface area (Å²) in [4.78, 5) is 29.2. The van der Waals surface area contributed by atoms with Crippen LogP contribution >= 0.6 is 15.9 Å². The van der Waals surface area contributed by atoms with E-state index in [9.17, 15) is 9.59 Å². The quantitative estimate of drug-likeness (QED) is 0.409. The fourth-order valence-electron chi connectivity index (χ4n) is 2.91. The van der Waals surface area contributed by atoms with Crippen LogP contribution in [0.15, 0.2) is 33.9 Å². The molecule has 1 saturated heterocycles. The summed E-state index contributed by atoms with van der Waals surface area (Å²) < 4.78 is 5.90. The van der Waals surface area contributed by atoms with Gasteiger partial charge >= 0.3 is 6.09 Å². The molecule has 1 fully saturated rings. The largest absolute Gasteiger partial charge is 0.447 e. The lowest BCUT2D eigenvalue weighted by atomic mass is 9.77. The average molecular weight is 409 g/mol. The molecule has 2 rings (SSSR count). The predicted octanol–water partition coefficient (Wildman–Crippen LogP) is 4.41. The van der Waals surface area contributed by atoms with Crippen molar-refractivity contribution < 1.29 is 14.3 Å². The monoisotopic (exact) mass is 408 g/mol. The predicted molar refractivity (Wildman–Crippen MR) is 96.9 cm³/mol. The highest BCUT2D eigenvalue weighted by molar-refractivity contribution is 9.10. The Labute approximate surface area is 155 Å². The number of carbonyl (C=O) groups excluding carboxylic acids is 2. The van der Waals surface area contributed by atoms with Gasteiger partial charge in [-0.05, 0) is 29.1 Å². The lowest BCUT2D eigenvalue weighted by Crippen LogP contribution is -2.51. The van der Waals surface area contributed by atoms with Gasteiger partial charge in [0.1, 0.15) is 12.6 Å². The van der Waals surface area contributed by atoms with Crippen LogP contribution in [0, 0.1) is 5.92 Å². The van der Waals surface area contributed by atoms with Crippen LogP contribution in [-0.2, 0) is 14.9 Å². The van der Waals surface area contributed by atoms with Crippen LogP contribution in [0.2, 0.25) is 0 Å². The van der Waals surface area contributed by atoms with Crippen molar-refractivity contribution in [2.24, 2.45) is 11.0 Å². The summed E-state index contributed by atoms with van der Waals surface area (Å²) in [6.45, 7) is 7.61. The topological polar surface area (TPSA) is 95.4 Å². The van der Waals surface area contributed by atoms with Crippen LogP contribution in [0.25, 0.3) is 10.4 Å². The number of halogens is 1. The zero-order valence-corrected chi connectivity index (χ0v) is 16.2. The molecule has 0 radical (unpaired) electrons. The number of ether oxygens (including phenoxy) is 1. The third kappa shape index (κ3) is 3.80. The Morgan fingerprint density at radius 2 is 2.16 bits per heavy atom. The number of cyclic esters (lactones) is 1. The Morgan fingerprint density at radius 3 is 2.72 bits per heavy atom. The first-order chi connectivity index (χ1) is 11.7. The molecule has 7 nitrogen and oxygen atoms in total. The summed E-state index contributed by atoms with van der Waals surface area (Å²) in [5, 5.41) is 3.74. The maximum atomic E-state index is 13.1.